The number of halogens is 1. The molecule has 6 nitrogen and oxygen atoms in total. The fourth-order valence-electron chi connectivity index (χ4n) is 1.72. The summed E-state index contributed by atoms with van der Waals surface area (Å²) in [5, 5.41) is 11.3. The summed E-state index contributed by atoms with van der Waals surface area (Å²) in [4.78, 5) is 18.4. The second-order valence-corrected chi connectivity index (χ2v) is 4.49. The zero-order chi connectivity index (χ0) is 14.7. The maximum atomic E-state index is 11.0. The smallest absolute Gasteiger partial charge is 0.311 e. The van der Waals surface area contributed by atoms with Gasteiger partial charge in [0.25, 0.3) is 0 Å². The van der Waals surface area contributed by atoms with E-state index < -0.39 is 4.92 Å². The number of aromatic nitrogens is 2. The van der Waals surface area contributed by atoms with E-state index in [2.05, 4.69) is 9.97 Å². The lowest BCUT2D eigenvalue weighted by atomic mass is 10.2. The van der Waals surface area contributed by atoms with Crippen LogP contribution in [-0.4, -0.2) is 14.9 Å². The summed E-state index contributed by atoms with van der Waals surface area (Å²) in [6.07, 6.45) is 1.83. The standard InChI is InChI=1S/C13H12ClN3O3/c1-3-9-12(14)15-7-16-13(9)20-11-6-8(2)4-5-10(11)17(18)19/h4-7H,3H2,1-2H3. The molecule has 1 heterocycles. The average molecular weight is 294 g/mol. The molecule has 2 aromatic rings. The topological polar surface area (TPSA) is 78.2 Å². The first-order chi connectivity index (χ1) is 9.52. The van der Waals surface area contributed by atoms with Crippen LogP contribution in [0.25, 0.3) is 0 Å². The van der Waals surface area contributed by atoms with Crippen molar-refractivity contribution >= 4 is 17.3 Å². The van der Waals surface area contributed by atoms with Crippen molar-refractivity contribution in [2.24, 2.45) is 0 Å². The molecule has 0 atom stereocenters. The Balaban J connectivity index is 2.47. The molecule has 0 saturated heterocycles. The van der Waals surface area contributed by atoms with Crippen LogP contribution >= 0.6 is 11.6 Å². The van der Waals surface area contributed by atoms with Gasteiger partial charge in [-0.1, -0.05) is 24.6 Å². The minimum Gasteiger partial charge on any atom is -0.431 e. The molecular formula is C13H12ClN3O3. The number of nitrogens with zero attached hydrogens (tertiary/aromatic N) is 3. The molecule has 0 radical (unpaired) electrons. The van der Waals surface area contributed by atoms with Gasteiger partial charge in [-0.25, -0.2) is 9.97 Å². The molecule has 0 aliphatic rings. The molecule has 0 N–H and O–H groups in total. The third kappa shape index (κ3) is 2.85. The molecule has 0 fully saturated rings. The van der Waals surface area contributed by atoms with Gasteiger partial charge in [0.15, 0.2) is 0 Å². The van der Waals surface area contributed by atoms with E-state index in [-0.39, 0.29) is 22.5 Å². The van der Waals surface area contributed by atoms with E-state index in [0.717, 1.165) is 5.56 Å². The van der Waals surface area contributed by atoms with Gasteiger partial charge in [-0.3, -0.25) is 10.1 Å². The number of nitro groups is 1. The Labute approximate surface area is 120 Å². The van der Waals surface area contributed by atoms with E-state index in [1.165, 1.54) is 12.4 Å². The lowest BCUT2D eigenvalue weighted by Gasteiger charge is -2.10. The second-order valence-electron chi connectivity index (χ2n) is 4.13. The van der Waals surface area contributed by atoms with Gasteiger partial charge in [0.1, 0.15) is 11.5 Å². The number of hydrogen-bond acceptors (Lipinski definition) is 5. The van der Waals surface area contributed by atoms with Gasteiger partial charge in [0.2, 0.25) is 11.6 Å². The summed E-state index contributed by atoms with van der Waals surface area (Å²) < 4.78 is 5.58. The number of aryl methyl sites for hydroxylation is 1. The third-order valence-corrected chi connectivity index (χ3v) is 3.05. The Bertz CT molecular complexity index is 661. The van der Waals surface area contributed by atoms with Crippen molar-refractivity contribution in [3.05, 3.63) is 50.9 Å². The highest BCUT2D eigenvalue weighted by Crippen LogP contribution is 2.34. The van der Waals surface area contributed by atoms with Gasteiger partial charge in [-0.05, 0) is 25.0 Å². The van der Waals surface area contributed by atoms with Crippen molar-refractivity contribution in [2.45, 2.75) is 20.3 Å². The van der Waals surface area contributed by atoms with Crippen molar-refractivity contribution < 1.29 is 9.66 Å². The summed E-state index contributed by atoms with van der Waals surface area (Å²) >= 11 is 5.96. The number of benzene rings is 1. The Kier molecular flexibility index (Phi) is 4.14. The van der Waals surface area contributed by atoms with Crippen LogP contribution in [0.5, 0.6) is 11.6 Å². The molecule has 0 aliphatic carbocycles. The summed E-state index contributed by atoms with van der Waals surface area (Å²) in [6.45, 7) is 3.70. The predicted octanol–water partition coefficient (Wildman–Crippen LogP) is 3.70. The number of rotatable bonds is 4. The predicted molar refractivity (Wildman–Crippen MR) is 74.3 cm³/mol. The van der Waals surface area contributed by atoms with Gasteiger partial charge >= 0.3 is 5.69 Å². The van der Waals surface area contributed by atoms with Crippen molar-refractivity contribution in [2.75, 3.05) is 0 Å². The summed E-state index contributed by atoms with van der Waals surface area (Å²) in [5.41, 5.74) is 1.35. The van der Waals surface area contributed by atoms with Gasteiger partial charge in [-0.15, -0.1) is 0 Å². The van der Waals surface area contributed by atoms with E-state index in [0.29, 0.717) is 12.0 Å². The van der Waals surface area contributed by atoms with Crippen LogP contribution in [0, 0.1) is 17.0 Å². The van der Waals surface area contributed by atoms with Crippen LogP contribution in [-0.2, 0) is 6.42 Å². The molecule has 0 amide bonds. The van der Waals surface area contributed by atoms with Gasteiger partial charge in [0.05, 0.1) is 10.5 Å². The fraction of sp³-hybridized carbons (Fsp3) is 0.231. The molecule has 104 valence electrons. The summed E-state index contributed by atoms with van der Waals surface area (Å²) in [7, 11) is 0. The van der Waals surface area contributed by atoms with Crippen LogP contribution in [0.1, 0.15) is 18.1 Å². The molecule has 0 bridgehead atoms. The molecule has 1 aromatic heterocycles. The molecule has 0 saturated carbocycles. The Morgan fingerprint density at radius 1 is 1.40 bits per heavy atom. The lowest BCUT2D eigenvalue weighted by molar-refractivity contribution is -0.385. The second kappa shape index (κ2) is 5.83. The van der Waals surface area contributed by atoms with Crippen molar-refractivity contribution in [1.82, 2.24) is 9.97 Å². The van der Waals surface area contributed by atoms with Crippen LogP contribution < -0.4 is 4.74 Å². The molecule has 1 aromatic carbocycles. The van der Waals surface area contributed by atoms with Crippen LogP contribution in [0.15, 0.2) is 24.5 Å². The molecule has 0 unspecified atom stereocenters. The first-order valence-corrected chi connectivity index (χ1v) is 6.33. The number of hydrogen-bond donors (Lipinski definition) is 0. The van der Waals surface area contributed by atoms with E-state index in [1.54, 1.807) is 12.1 Å². The Hall–Kier alpha value is -2.21. The molecule has 2 rings (SSSR count). The van der Waals surface area contributed by atoms with Gasteiger partial charge in [0, 0.05) is 6.07 Å². The molecular weight excluding hydrogens is 282 g/mol. The van der Waals surface area contributed by atoms with E-state index in [9.17, 15) is 10.1 Å². The first-order valence-electron chi connectivity index (χ1n) is 5.95. The van der Waals surface area contributed by atoms with Gasteiger partial charge in [-0.2, -0.15) is 0 Å². The Morgan fingerprint density at radius 3 is 2.80 bits per heavy atom. The largest absolute Gasteiger partial charge is 0.431 e. The molecule has 0 spiro atoms. The zero-order valence-electron chi connectivity index (χ0n) is 11.0. The number of nitro benzene ring substituents is 1. The van der Waals surface area contributed by atoms with E-state index >= 15 is 0 Å². The monoisotopic (exact) mass is 293 g/mol. The maximum absolute atomic E-state index is 11.0. The van der Waals surface area contributed by atoms with Crippen LogP contribution in [0.2, 0.25) is 5.15 Å². The van der Waals surface area contributed by atoms with Gasteiger partial charge < -0.3 is 4.74 Å². The lowest BCUT2D eigenvalue weighted by Crippen LogP contribution is -1.99. The third-order valence-electron chi connectivity index (χ3n) is 2.73. The highest BCUT2D eigenvalue weighted by Gasteiger charge is 2.18. The fourth-order valence-corrected chi connectivity index (χ4v) is 1.98. The van der Waals surface area contributed by atoms with E-state index in [1.807, 2.05) is 13.8 Å². The van der Waals surface area contributed by atoms with E-state index in [4.69, 9.17) is 16.3 Å². The van der Waals surface area contributed by atoms with Crippen molar-refractivity contribution in [1.29, 1.82) is 0 Å². The molecule has 20 heavy (non-hydrogen) atoms. The summed E-state index contributed by atoms with van der Waals surface area (Å²) in [6, 6.07) is 4.64. The number of ether oxygens (including phenoxy) is 1. The average Bonchev–Trinajstić information content (AvgIpc) is 2.38. The quantitative estimate of drug-likeness (QED) is 0.488. The first kappa shape index (κ1) is 14.2. The molecule has 7 heteroatoms. The van der Waals surface area contributed by atoms with Crippen LogP contribution in [0.3, 0.4) is 0 Å². The normalized spacial score (nSPS) is 10.3. The zero-order valence-corrected chi connectivity index (χ0v) is 11.7. The Morgan fingerprint density at radius 2 is 2.15 bits per heavy atom. The minimum absolute atomic E-state index is 0.118. The molecule has 0 aliphatic heterocycles. The SMILES string of the molecule is CCc1c(Cl)ncnc1Oc1cc(C)ccc1[N+](=O)[O-]. The van der Waals surface area contributed by atoms with Crippen molar-refractivity contribution in [3.8, 4) is 11.6 Å². The minimum atomic E-state index is -0.497. The highest BCUT2D eigenvalue weighted by atomic mass is 35.5. The maximum Gasteiger partial charge on any atom is 0.311 e. The van der Waals surface area contributed by atoms with Crippen LogP contribution in [0.4, 0.5) is 5.69 Å². The van der Waals surface area contributed by atoms with Crippen molar-refractivity contribution in [3.63, 3.8) is 0 Å². The summed E-state index contributed by atoms with van der Waals surface area (Å²) in [5.74, 6) is 0.376. The highest BCUT2D eigenvalue weighted by molar-refractivity contribution is 6.30.